The first-order valence-electron chi connectivity index (χ1n) is 7.44. The van der Waals surface area contributed by atoms with Crippen molar-refractivity contribution >= 4 is 29.7 Å². The largest absolute Gasteiger partial charge is 0.354 e. The average Bonchev–Trinajstić information content (AvgIpc) is 3.07. The van der Waals surface area contributed by atoms with Gasteiger partial charge >= 0.3 is 0 Å². The van der Waals surface area contributed by atoms with Crippen LogP contribution in [0.5, 0.6) is 0 Å². The maximum Gasteiger partial charge on any atom is 0.269 e. The fourth-order valence-corrected chi connectivity index (χ4v) is 2.49. The van der Waals surface area contributed by atoms with E-state index in [1.165, 1.54) is 19.3 Å². The van der Waals surface area contributed by atoms with Crippen LogP contribution >= 0.6 is 12.2 Å². The van der Waals surface area contributed by atoms with Crippen molar-refractivity contribution in [1.82, 2.24) is 19.9 Å². The van der Waals surface area contributed by atoms with Gasteiger partial charge in [0.25, 0.3) is 11.8 Å². The molecule has 8 heteroatoms. The van der Waals surface area contributed by atoms with E-state index in [1.54, 1.807) is 22.9 Å². The van der Waals surface area contributed by atoms with Crippen LogP contribution in [-0.2, 0) is 0 Å². The molecule has 3 rings (SSSR count). The smallest absolute Gasteiger partial charge is 0.269 e. The zero-order chi connectivity index (χ0) is 17.8. The Kier molecular flexibility index (Phi) is 4.71. The van der Waals surface area contributed by atoms with Crippen molar-refractivity contribution in [3.8, 4) is 5.69 Å². The third-order valence-corrected chi connectivity index (χ3v) is 3.83. The van der Waals surface area contributed by atoms with Gasteiger partial charge in [-0.25, -0.2) is 0 Å². The second kappa shape index (κ2) is 7.10. The molecule has 0 saturated carbocycles. The lowest BCUT2D eigenvalue weighted by Gasteiger charge is -2.08. The van der Waals surface area contributed by atoms with Gasteiger partial charge in [0.15, 0.2) is 4.77 Å². The second-order valence-electron chi connectivity index (χ2n) is 5.15. The molecule has 7 nitrogen and oxygen atoms in total. The third-order valence-electron chi connectivity index (χ3n) is 3.52. The summed E-state index contributed by atoms with van der Waals surface area (Å²) in [6, 6.07) is 10.4. The number of hydrogen-bond acceptors (Lipinski definition) is 4. The van der Waals surface area contributed by atoms with Crippen LogP contribution in [-0.4, -0.2) is 33.4 Å². The van der Waals surface area contributed by atoms with Gasteiger partial charge in [-0.2, -0.15) is 0 Å². The van der Waals surface area contributed by atoms with Crippen molar-refractivity contribution in [1.29, 1.82) is 0 Å². The van der Waals surface area contributed by atoms with Crippen molar-refractivity contribution < 1.29 is 9.59 Å². The van der Waals surface area contributed by atoms with Gasteiger partial charge in [-0.1, -0.05) is 6.07 Å². The molecule has 0 aliphatic heterocycles. The van der Waals surface area contributed by atoms with Gasteiger partial charge in [0.1, 0.15) is 5.69 Å². The molecule has 0 unspecified atom stereocenters. The molecular formula is C17H15N5O2S. The van der Waals surface area contributed by atoms with Crippen molar-refractivity contribution in [2.75, 3.05) is 12.4 Å². The average molecular weight is 353 g/mol. The van der Waals surface area contributed by atoms with Gasteiger partial charge in [0, 0.05) is 37.0 Å². The minimum absolute atomic E-state index is 0.253. The summed E-state index contributed by atoms with van der Waals surface area (Å²) < 4.78 is 2.36. The number of H-pyrrole nitrogens is 1. The Labute approximate surface area is 148 Å². The number of pyridine rings is 1. The maximum atomic E-state index is 12.3. The number of imidazole rings is 1. The number of carbonyl (C=O) groups excluding carboxylic acids is 2. The normalized spacial score (nSPS) is 10.3. The lowest BCUT2D eigenvalue weighted by Crippen LogP contribution is -2.20. The molecule has 0 spiro atoms. The molecule has 0 bridgehead atoms. The molecule has 2 aromatic heterocycles. The molecule has 3 N–H and O–H groups in total. The Morgan fingerprint density at radius 3 is 2.68 bits per heavy atom. The Morgan fingerprint density at radius 1 is 1.20 bits per heavy atom. The van der Waals surface area contributed by atoms with Crippen LogP contribution in [0.3, 0.4) is 0 Å². The third kappa shape index (κ3) is 3.64. The number of aromatic amines is 1. The van der Waals surface area contributed by atoms with E-state index >= 15 is 0 Å². The van der Waals surface area contributed by atoms with E-state index in [4.69, 9.17) is 12.2 Å². The van der Waals surface area contributed by atoms with E-state index in [1.807, 2.05) is 24.4 Å². The highest BCUT2D eigenvalue weighted by molar-refractivity contribution is 7.71. The van der Waals surface area contributed by atoms with Crippen LogP contribution in [0, 0.1) is 4.77 Å². The standard InChI is InChI=1S/C17H15N5O2S/c1-18-16(24)14-6-5-11(10-20-14)15(23)21-12-3-2-4-13(9-12)22-8-7-19-17(22)25/h2-10H,1H3,(H,18,24)(H,19,25)(H,21,23). The summed E-state index contributed by atoms with van der Waals surface area (Å²) in [5.41, 5.74) is 2.07. The summed E-state index contributed by atoms with van der Waals surface area (Å²) in [4.78, 5) is 30.7. The lowest BCUT2D eigenvalue weighted by molar-refractivity contribution is 0.0955. The number of hydrogen-bond donors (Lipinski definition) is 3. The molecular weight excluding hydrogens is 338 g/mol. The summed E-state index contributed by atoms with van der Waals surface area (Å²) in [7, 11) is 1.52. The Balaban J connectivity index is 1.78. The van der Waals surface area contributed by atoms with Crippen molar-refractivity contribution in [3.63, 3.8) is 0 Å². The molecule has 0 fully saturated rings. The molecule has 126 valence electrons. The van der Waals surface area contributed by atoms with E-state index in [-0.39, 0.29) is 17.5 Å². The van der Waals surface area contributed by atoms with Crippen LogP contribution < -0.4 is 10.6 Å². The van der Waals surface area contributed by atoms with E-state index in [2.05, 4.69) is 20.6 Å². The monoisotopic (exact) mass is 353 g/mol. The van der Waals surface area contributed by atoms with Crippen LogP contribution in [0.25, 0.3) is 5.69 Å². The molecule has 0 saturated heterocycles. The van der Waals surface area contributed by atoms with Crippen LogP contribution in [0.15, 0.2) is 55.0 Å². The number of rotatable bonds is 4. The summed E-state index contributed by atoms with van der Waals surface area (Å²) in [6.07, 6.45) is 4.92. The number of anilines is 1. The minimum Gasteiger partial charge on any atom is -0.354 e. The molecule has 0 aliphatic carbocycles. The zero-order valence-corrected chi connectivity index (χ0v) is 14.1. The van der Waals surface area contributed by atoms with Gasteiger partial charge < -0.3 is 15.6 Å². The van der Waals surface area contributed by atoms with E-state index in [0.717, 1.165) is 5.69 Å². The van der Waals surface area contributed by atoms with Crippen LogP contribution in [0.4, 0.5) is 5.69 Å². The van der Waals surface area contributed by atoms with Crippen molar-refractivity contribution in [2.45, 2.75) is 0 Å². The number of amides is 2. The Bertz CT molecular complexity index is 975. The topological polar surface area (TPSA) is 91.8 Å². The van der Waals surface area contributed by atoms with Crippen molar-refractivity contribution in [3.05, 3.63) is 71.0 Å². The highest BCUT2D eigenvalue weighted by atomic mass is 32.1. The quantitative estimate of drug-likeness (QED) is 0.629. The number of nitrogens with zero attached hydrogens (tertiary/aromatic N) is 2. The molecule has 0 radical (unpaired) electrons. The van der Waals surface area contributed by atoms with Crippen molar-refractivity contribution in [2.24, 2.45) is 0 Å². The fourth-order valence-electron chi connectivity index (χ4n) is 2.25. The summed E-state index contributed by atoms with van der Waals surface area (Å²) in [5, 5.41) is 5.28. The van der Waals surface area contributed by atoms with Gasteiger partial charge in [0.2, 0.25) is 0 Å². The van der Waals surface area contributed by atoms with E-state index in [0.29, 0.717) is 16.0 Å². The fraction of sp³-hybridized carbons (Fsp3) is 0.0588. The lowest BCUT2D eigenvalue weighted by atomic mass is 10.2. The van der Waals surface area contributed by atoms with E-state index in [9.17, 15) is 9.59 Å². The highest BCUT2D eigenvalue weighted by Gasteiger charge is 2.10. The SMILES string of the molecule is CNC(=O)c1ccc(C(=O)Nc2cccc(-n3cc[nH]c3=S)c2)cn1. The number of nitrogens with one attached hydrogen (secondary N) is 3. The summed E-state index contributed by atoms with van der Waals surface area (Å²) in [6.45, 7) is 0. The first-order valence-corrected chi connectivity index (χ1v) is 7.85. The molecule has 25 heavy (non-hydrogen) atoms. The maximum absolute atomic E-state index is 12.3. The van der Waals surface area contributed by atoms with Gasteiger partial charge in [-0.3, -0.25) is 19.1 Å². The number of aromatic nitrogens is 3. The second-order valence-corrected chi connectivity index (χ2v) is 5.54. The van der Waals surface area contributed by atoms with Gasteiger partial charge in [-0.05, 0) is 42.5 Å². The first-order chi connectivity index (χ1) is 12.1. The molecule has 2 heterocycles. The Morgan fingerprint density at radius 2 is 2.04 bits per heavy atom. The number of carbonyl (C=O) groups is 2. The predicted molar refractivity (Wildman–Crippen MR) is 96.5 cm³/mol. The zero-order valence-electron chi connectivity index (χ0n) is 13.3. The number of benzene rings is 1. The summed E-state index contributed by atoms with van der Waals surface area (Å²) >= 11 is 5.20. The van der Waals surface area contributed by atoms with Gasteiger partial charge in [0.05, 0.1) is 5.56 Å². The molecule has 2 amide bonds. The van der Waals surface area contributed by atoms with Gasteiger partial charge in [-0.15, -0.1) is 0 Å². The predicted octanol–water partition coefficient (Wildman–Crippen LogP) is 2.54. The molecule has 0 aliphatic rings. The molecule has 3 aromatic rings. The molecule has 1 aromatic carbocycles. The Hall–Kier alpha value is -3.26. The van der Waals surface area contributed by atoms with Crippen LogP contribution in [0.1, 0.15) is 20.8 Å². The first kappa shape index (κ1) is 16.6. The van der Waals surface area contributed by atoms with E-state index < -0.39 is 0 Å². The van der Waals surface area contributed by atoms with Crippen LogP contribution in [0.2, 0.25) is 0 Å². The molecule has 0 atom stereocenters. The highest BCUT2D eigenvalue weighted by Crippen LogP contribution is 2.16. The minimum atomic E-state index is -0.314. The summed E-state index contributed by atoms with van der Waals surface area (Å²) in [5.74, 6) is -0.617.